The van der Waals surface area contributed by atoms with Crippen molar-refractivity contribution in [3.8, 4) is 0 Å². The summed E-state index contributed by atoms with van der Waals surface area (Å²) in [4.78, 5) is 22.2. The first kappa shape index (κ1) is 19.2. The van der Waals surface area contributed by atoms with Gasteiger partial charge in [0.1, 0.15) is 11.6 Å². The number of nitrogens with one attached hydrogen (secondary N) is 1. The highest BCUT2D eigenvalue weighted by atomic mass is 32.2. The van der Waals surface area contributed by atoms with E-state index in [1.54, 1.807) is 12.1 Å². The molecule has 150 valence electrons. The fraction of sp³-hybridized carbons (Fsp3) is 0.474. The summed E-state index contributed by atoms with van der Waals surface area (Å²) < 4.78 is 39.2. The van der Waals surface area contributed by atoms with Gasteiger partial charge in [0.2, 0.25) is 10.0 Å². The standard InChI is InChI=1S/C19H23FN4O3S/c1-28(26,27)24-10-8-14-16(12-24)21-18(22-19(14)25)17-7-4-9-23(17)11-13-5-2-3-6-15(13)20/h2-3,5-6,17H,4,7-12H2,1H3,(H,21,22,25)/t17-/m1/s1. The van der Waals surface area contributed by atoms with E-state index in [0.29, 0.717) is 42.2 Å². The van der Waals surface area contributed by atoms with Crippen molar-refractivity contribution in [2.45, 2.75) is 38.4 Å². The molecule has 2 aliphatic heterocycles. The van der Waals surface area contributed by atoms with Crippen LogP contribution in [0.3, 0.4) is 0 Å². The van der Waals surface area contributed by atoms with Crippen LogP contribution in [0, 0.1) is 5.82 Å². The van der Waals surface area contributed by atoms with Gasteiger partial charge < -0.3 is 4.98 Å². The van der Waals surface area contributed by atoms with Crippen LogP contribution in [0.1, 0.15) is 41.5 Å². The number of H-pyrrole nitrogens is 1. The average molecular weight is 406 g/mol. The highest BCUT2D eigenvalue weighted by molar-refractivity contribution is 7.88. The molecule has 1 aromatic heterocycles. The Hall–Kier alpha value is -2.10. The first-order valence-corrected chi connectivity index (χ1v) is 11.2. The molecule has 7 nitrogen and oxygen atoms in total. The Bertz CT molecular complexity index is 1050. The van der Waals surface area contributed by atoms with Crippen LogP contribution >= 0.6 is 0 Å². The predicted octanol–water partition coefficient (Wildman–Crippen LogP) is 1.56. The van der Waals surface area contributed by atoms with Crippen LogP contribution in [0.25, 0.3) is 0 Å². The summed E-state index contributed by atoms with van der Waals surface area (Å²) in [6.45, 7) is 1.63. The van der Waals surface area contributed by atoms with Gasteiger partial charge in [0.15, 0.2) is 0 Å². The zero-order valence-electron chi connectivity index (χ0n) is 15.7. The van der Waals surface area contributed by atoms with Gasteiger partial charge >= 0.3 is 0 Å². The number of hydrogen-bond acceptors (Lipinski definition) is 5. The summed E-state index contributed by atoms with van der Waals surface area (Å²) >= 11 is 0. The van der Waals surface area contributed by atoms with Crippen LogP contribution < -0.4 is 5.56 Å². The third-order valence-corrected chi connectivity index (χ3v) is 6.79. The third kappa shape index (κ3) is 3.74. The van der Waals surface area contributed by atoms with E-state index in [-0.39, 0.29) is 24.0 Å². The zero-order chi connectivity index (χ0) is 19.9. The van der Waals surface area contributed by atoms with Crippen molar-refractivity contribution in [3.05, 3.63) is 63.1 Å². The van der Waals surface area contributed by atoms with Crippen LogP contribution in [0.15, 0.2) is 29.1 Å². The maximum atomic E-state index is 14.1. The second-order valence-electron chi connectivity index (χ2n) is 7.44. The van der Waals surface area contributed by atoms with Crippen LogP contribution in [0.4, 0.5) is 4.39 Å². The number of nitrogens with zero attached hydrogens (tertiary/aromatic N) is 3. The number of likely N-dealkylation sites (tertiary alicyclic amines) is 1. The average Bonchev–Trinajstić information content (AvgIpc) is 3.10. The van der Waals surface area contributed by atoms with E-state index in [0.717, 1.165) is 19.4 Å². The van der Waals surface area contributed by atoms with Crippen molar-refractivity contribution < 1.29 is 12.8 Å². The second-order valence-corrected chi connectivity index (χ2v) is 9.43. The molecule has 0 spiro atoms. The Morgan fingerprint density at radius 1 is 1.29 bits per heavy atom. The summed E-state index contributed by atoms with van der Waals surface area (Å²) in [6, 6.07) is 6.56. The molecule has 3 heterocycles. The smallest absolute Gasteiger partial charge is 0.254 e. The molecule has 1 atom stereocenters. The van der Waals surface area contributed by atoms with Crippen LogP contribution in [-0.4, -0.2) is 46.9 Å². The van der Waals surface area contributed by atoms with Crippen molar-refractivity contribution in [3.63, 3.8) is 0 Å². The number of hydrogen-bond donors (Lipinski definition) is 1. The van der Waals surface area contributed by atoms with Gasteiger partial charge in [-0.15, -0.1) is 0 Å². The van der Waals surface area contributed by atoms with Gasteiger partial charge in [0, 0.05) is 24.2 Å². The van der Waals surface area contributed by atoms with Crippen molar-refractivity contribution in [2.75, 3.05) is 19.3 Å². The molecular weight excluding hydrogens is 383 g/mol. The van der Waals surface area contributed by atoms with Crippen molar-refractivity contribution in [1.82, 2.24) is 19.2 Å². The Kier molecular flexibility index (Phi) is 5.07. The topological polar surface area (TPSA) is 86.4 Å². The fourth-order valence-corrected chi connectivity index (χ4v) is 4.83. The number of aromatic nitrogens is 2. The molecule has 0 bridgehead atoms. The molecule has 9 heteroatoms. The van der Waals surface area contributed by atoms with Gasteiger partial charge in [-0.1, -0.05) is 18.2 Å². The van der Waals surface area contributed by atoms with E-state index in [1.165, 1.54) is 16.6 Å². The van der Waals surface area contributed by atoms with Crippen molar-refractivity contribution >= 4 is 10.0 Å². The lowest BCUT2D eigenvalue weighted by atomic mass is 10.1. The summed E-state index contributed by atoms with van der Waals surface area (Å²) in [5, 5.41) is 0. The zero-order valence-corrected chi connectivity index (χ0v) is 16.5. The van der Waals surface area contributed by atoms with Crippen molar-refractivity contribution in [1.29, 1.82) is 0 Å². The number of aromatic amines is 1. The first-order valence-electron chi connectivity index (χ1n) is 9.37. The molecular formula is C19H23FN4O3S. The van der Waals surface area contributed by atoms with Gasteiger partial charge in [-0.05, 0) is 31.9 Å². The van der Waals surface area contributed by atoms with Crippen LogP contribution in [0.2, 0.25) is 0 Å². The molecule has 2 aromatic rings. The van der Waals surface area contributed by atoms with Gasteiger partial charge in [-0.25, -0.2) is 17.8 Å². The Labute approximate surface area is 163 Å². The third-order valence-electron chi connectivity index (χ3n) is 5.54. The molecule has 1 N–H and O–H groups in total. The number of halogens is 1. The largest absolute Gasteiger partial charge is 0.309 e. The number of fused-ring (bicyclic) bond motifs is 1. The van der Waals surface area contributed by atoms with Gasteiger partial charge in [0.25, 0.3) is 5.56 Å². The highest BCUT2D eigenvalue weighted by Gasteiger charge is 2.31. The van der Waals surface area contributed by atoms with E-state index in [1.807, 2.05) is 6.07 Å². The minimum atomic E-state index is -3.34. The molecule has 28 heavy (non-hydrogen) atoms. The summed E-state index contributed by atoms with van der Waals surface area (Å²) in [6.07, 6.45) is 3.26. The minimum absolute atomic E-state index is 0.116. The molecule has 4 rings (SSSR count). The maximum absolute atomic E-state index is 14.1. The van der Waals surface area contributed by atoms with Gasteiger partial charge in [-0.2, -0.15) is 4.31 Å². The number of sulfonamides is 1. The molecule has 0 amide bonds. The van der Waals surface area contributed by atoms with Crippen LogP contribution in [-0.2, 0) is 29.5 Å². The first-order chi connectivity index (χ1) is 13.3. The Morgan fingerprint density at radius 3 is 2.82 bits per heavy atom. The molecule has 0 unspecified atom stereocenters. The molecule has 1 aromatic carbocycles. The van der Waals surface area contributed by atoms with Gasteiger partial charge in [0.05, 0.1) is 24.5 Å². The minimum Gasteiger partial charge on any atom is -0.309 e. The molecule has 0 aliphatic carbocycles. The van der Waals surface area contributed by atoms with Crippen LogP contribution in [0.5, 0.6) is 0 Å². The molecule has 1 fully saturated rings. The molecule has 1 saturated heterocycles. The predicted molar refractivity (Wildman–Crippen MR) is 103 cm³/mol. The van der Waals surface area contributed by atoms with E-state index in [4.69, 9.17) is 0 Å². The number of rotatable bonds is 4. The molecule has 0 radical (unpaired) electrons. The lowest BCUT2D eigenvalue weighted by molar-refractivity contribution is 0.235. The summed E-state index contributed by atoms with van der Waals surface area (Å²) in [7, 11) is -3.34. The fourth-order valence-electron chi connectivity index (χ4n) is 4.05. The quantitative estimate of drug-likeness (QED) is 0.833. The van der Waals surface area contributed by atoms with E-state index in [9.17, 15) is 17.6 Å². The van der Waals surface area contributed by atoms with E-state index >= 15 is 0 Å². The normalized spacial score (nSPS) is 21.0. The number of benzene rings is 1. The Morgan fingerprint density at radius 2 is 2.07 bits per heavy atom. The summed E-state index contributed by atoms with van der Waals surface area (Å²) in [5.41, 5.74) is 1.49. The van der Waals surface area contributed by atoms with Gasteiger partial charge in [-0.3, -0.25) is 9.69 Å². The lowest BCUT2D eigenvalue weighted by Gasteiger charge is -2.28. The lowest BCUT2D eigenvalue weighted by Crippen LogP contribution is -2.39. The molecule has 0 saturated carbocycles. The monoisotopic (exact) mass is 406 g/mol. The SMILES string of the molecule is CS(=O)(=O)N1CCc2c(nc([C@H]3CCCN3Cc3ccccc3F)[nH]c2=O)C1. The Balaban J connectivity index is 1.63. The maximum Gasteiger partial charge on any atom is 0.254 e. The van der Waals surface area contributed by atoms with E-state index in [2.05, 4.69) is 14.9 Å². The summed E-state index contributed by atoms with van der Waals surface area (Å²) in [5.74, 6) is 0.289. The van der Waals surface area contributed by atoms with E-state index < -0.39 is 10.0 Å². The highest BCUT2D eigenvalue weighted by Crippen LogP contribution is 2.32. The molecule has 2 aliphatic rings. The second kappa shape index (κ2) is 7.38. The van der Waals surface area contributed by atoms with Crippen molar-refractivity contribution in [2.24, 2.45) is 0 Å².